The van der Waals surface area contributed by atoms with E-state index in [4.69, 9.17) is 4.74 Å². The molecule has 2 nitrogen and oxygen atoms in total. The third-order valence-electron chi connectivity index (χ3n) is 1.56. The molecule has 0 aliphatic rings. The first-order chi connectivity index (χ1) is 5.72. The van der Waals surface area contributed by atoms with E-state index in [1.807, 2.05) is 32.3 Å². The summed E-state index contributed by atoms with van der Waals surface area (Å²) in [4.78, 5) is 2.10. The fraction of sp³-hybridized carbons (Fsp3) is 0.400. The van der Waals surface area contributed by atoms with Crippen LogP contribution in [-0.2, 0) is 6.54 Å². The van der Waals surface area contributed by atoms with Crippen molar-refractivity contribution in [2.24, 2.45) is 0 Å². The maximum atomic E-state index is 5.10. The number of hydrogen-bond acceptors (Lipinski definition) is 2. The predicted octanol–water partition coefficient (Wildman–Crippen LogP) is -1.82. The van der Waals surface area contributed by atoms with Crippen LogP contribution in [0, 0.1) is 6.07 Å². The van der Waals surface area contributed by atoms with E-state index in [9.17, 15) is 0 Å². The van der Waals surface area contributed by atoms with Crippen LogP contribution in [0.4, 0.5) is 0 Å². The van der Waals surface area contributed by atoms with Crippen LogP contribution >= 0.6 is 0 Å². The van der Waals surface area contributed by atoms with Gasteiger partial charge < -0.3 is 26.6 Å². The predicted molar refractivity (Wildman–Crippen MR) is 55.0 cm³/mol. The van der Waals surface area contributed by atoms with Crippen LogP contribution in [0.3, 0.4) is 0 Å². The van der Waals surface area contributed by atoms with Crippen molar-refractivity contribution in [1.29, 1.82) is 0 Å². The minimum atomic E-state index is 0. The van der Waals surface area contributed by atoms with E-state index in [2.05, 4.69) is 11.0 Å². The molecule has 0 saturated carbocycles. The average molecular weight is 268 g/mol. The van der Waals surface area contributed by atoms with E-state index < -0.39 is 0 Å². The second kappa shape index (κ2) is 8.53. The van der Waals surface area contributed by atoms with Crippen molar-refractivity contribution in [3.8, 4) is 5.75 Å². The van der Waals surface area contributed by atoms with Crippen LogP contribution in [0.2, 0.25) is 0 Å². The third-order valence-corrected chi connectivity index (χ3v) is 1.56. The fourth-order valence-corrected chi connectivity index (χ4v) is 1.05. The van der Waals surface area contributed by atoms with Gasteiger partial charge in [0.25, 0.3) is 0 Å². The van der Waals surface area contributed by atoms with E-state index in [0.717, 1.165) is 17.9 Å². The number of ether oxygens (including phenoxy) is 1. The van der Waals surface area contributed by atoms with Gasteiger partial charge in [-0.1, -0.05) is 0 Å². The van der Waals surface area contributed by atoms with Crippen molar-refractivity contribution in [3.63, 3.8) is 0 Å². The standard InChI is InChI=1S/C10H14NO.BrH.Mg/c1-11(2)8-9-5-4-6-10(7-9)12-3;;/h4,6-7H,8H2,1-3H3;1H;/q-1;;+2/p-1. The minimum Gasteiger partial charge on any atom is -1.00 e. The molecule has 0 atom stereocenters. The first-order valence-electron chi connectivity index (χ1n) is 3.91. The molecule has 0 unspecified atom stereocenters. The van der Waals surface area contributed by atoms with Gasteiger partial charge in [-0.05, 0) is 14.1 Å². The molecule has 0 bridgehead atoms. The Kier molecular flexibility index (Phi) is 10.1. The Hall–Kier alpha value is 0.226. The average Bonchev–Trinajstić information content (AvgIpc) is 2.03. The topological polar surface area (TPSA) is 12.5 Å². The summed E-state index contributed by atoms with van der Waals surface area (Å²) in [5.74, 6) is 0.894. The Labute approximate surface area is 113 Å². The molecule has 4 heteroatoms. The molecule has 0 saturated heterocycles. The molecular weight excluding hydrogens is 254 g/mol. The van der Waals surface area contributed by atoms with Gasteiger partial charge in [-0.25, -0.2) is 0 Å². The molecule has 0 amide bonds. The summed E-state index contributed by atoms with van der Waals surface area (Å²) >= 11 is 0. The molecule has 1 aromatic carbocycles. The quantitative estimate of drug-likeness (QED) is 0.473. The molecule has 0 spiro atoms. The maximum Gasteiger partial charge on any atom is 2.00 e. The largest absolute Gasteiger partial charge is 2.00 e. The summed E-state index contributed by atoms with van der Waals surface area (Å²) in [6.45, 7) is 0.900. The minimum absolute atomic E-state index is 0. The summed E-state index contributed by atoms with van der Waals surface area (Å²) in [5.41, 5.74) is 1.15. The van der Waals surface area contributed by atoms with Crippen molar-refractivity contribution in [1.82, 2.24) is 4.90 Å². The van der Waals surface area contributed by atoms with Crippen LogP contribution in [0.25, 0.3) is 0 Å². The molecule has 0 aromatic heterocycles. The van der Waals surface area contributed by atoms with Gasteiger partial charge in [0.2, 0.25) is 0 Å². The number of nitrogens with zero attached hydrogens (tertiary/aromatic N) is 1. The summed E-state index contributed by atoms with van der Waals surface area (Å²) < 4.78 is 5.10. The molecule has 0 N–H and O–H groups in total. The molecular formula is C10H14BrMgNO. The van der Waals surface area contributed by atoms with Crippen LogP contribution < -0.4 is 21.7 Å². The van der Waals surface area contributed by atoms with Gasteiger partial charge in [-0.15, -0.1) is 17.7 Å². The molecule has 0 radical (unpaired) electrons. The van der Waals surface area contributed by atoms with E-state index in [1.165, 1.54) is 0 Å². The Balaban J connectivity index is 0. The van der Waals surface area contributed by atoms with Crippen LogP contribution in [0.1, 0.15) is 5.56 Å². The SMILES string of the molecule is COc1cc[c-]c(CN(C)C)c1.[Br-].[Mg+2]. The monoisotopic (exact) mass is 267 g/mol. The number of halogens is 1. The molecule has 1 rings (SSSR count). The molecule has 74 valence electrons. The van der Waals surface area contributed by atoms with E-state index >= 15 is 0 Å². The number of hydrogen-bond donors (Lipinski definition) is 0. The maximum absolute atomic E-state index is 5.10. The second-order valence-electron chi connectivity index (χ2n) is 2.99. The molecule has 1 aromatic rings. The van der Waals surface area contributed by atoms with Crippen LogP contribution in [0.15, 0.2) is 18.2 Å². The van der Waals surface area contributed by atoms with Gasteiger partial charge in [0.05, 0.1) is 7.11 Å². The Morgan fingerprint density at radius 3 is 2.57 bits per heavy atom. The Morgan fingerprint density at radius 2 is 2.07 bits per heavy atom. The van der Waals surface area contributed by atoms with Crippen molar-refractivity contribution in [3.05, 3.63) is 29.8 Å². The van der Waals surface area contributed by atoms with Gasteiger partial charge in [0, 0.05) is 12.3 Å². The summed E-state index contributed by atoms with van der Waals surface area (Å²) in [6.07, 6.45) is 0. The number of methoxy groups -OCH3 is 1. The smallest absolute Gasteiger partial charge is 1.00 e. The second-order valence-corrected chi connectivity index (χ2v) is 2.99. The molecule has 0 heterocycles. The fourth-order valence-electron chi connectivity index (χ4n) is 1.05. The van der Waals surface area contributed by atoms with Crippen molar-refractivity contribution in [2.75, 3.05) is 21.2 Å². The zero-order chi connectivity index (χ0) is 8.97. The van der Waals surface area contributed by atoms with Crippen molar-refractivity contribution >= 4 is 23.1 Å². The summed E-state index contributed by atoms with van der Waals surface area (Å²) in [7, 11) is 5.75. The zero-order valence-corrected chi connectivity index (χ0v) is 11.9. The Morgan fingerprint density at radius 1 is 1.43 bits per heavy atom. The normalized spacial score (nSPS) is 8.86. The summed E-state index contributed by atoms with van der Waals surface area (Å²) in [6, 6.07) is 8.94. The molecule has 14 heavy (non-hydrogen) atoms. The first kappa shape index (κ1) is 16.6. The van der Waals surface area contributed by atoms with Crippen molar-refractivity contribution < 1.29 is 21.7 Å². The van der Waals surface area contributed by atoms with E-state index in [1.54, 1.807) is 7.11 Å². The molecule has 0 fully saturated rings. The Bertz CT molecular complexity index is 256. The van der Waals surface area contributed by atoms with Crippen LogP contribution in [-0.4, -0.2) is 49.2 Å². The van der Waals surface area contributed by atoms with Crippen LogP contribution in [0.5, 0.6) is 5.75 Å². The zero-order valence-electron chi connectivity index (χ0n) is 8.88. The number of rotatable bonds is 3. The summed E-state index contributed by atoms with van der Waals surface area (Å²) in [5, 5.41) is 0. The van der Waals surface area contributed by atoms with Gasteiger partial charge in [-0.3, -0.25) is 0 Å². The molecule has 0 aliphatic heterocycles. The third kappa shape index (κ3) is 5.85. The first-order valence-corrected chi connectivity index (χ1v) is 3.91. The van der Waals surface area contributed by atoms with Crippen molar-refractivity contribution in [2.45, 2.75) is 6.54 Å². The van der Waals surface area contributed by atoms with E-state index in [0.29, 0.717) is 0 Å². The van der Waals surface area contributed by atoms with E-state index in [-0.39, 0.29) is 40.0 Å². The van der Waals surface area contributed by atoms with Gasteiger partial charge in [0.1, 0.15) is 0 Å². The van der Waals surface area contributed by atoms with Gasteiger partial charge in [0.15, 0.2) is 0 Å². The van der Waals surface area contributed by atoms with Gasteiger partial charge >= 0.3 is 23.1 Å². The van der Waals surface area contributed by atoms with Gasteiger partial charge in [-0.2, -0.15) is 12.1 Å². The number of benzene rings is 1. The molecule has 0 aliphatic carbocycles.